The summed E-state index contributed by atoms with van der Waals surface area (Å²) in [6, 6.07) is 9.22. The van der Waals surface area contributed by atoms with Crippen molar-refractivity contribution in [2.45, 2.75) is 77.2 Å². The highest BCUT2D eigenvalue weighted by atomic mass is 32.2. The number of hydrogen-bond acceptors (Lipinski definition) is 15. The van der Waals surface area contributed by atoms with Crippen LogP contribution in [-0.4, -0.2) is 162 Å². The predicted octanol–water partition coefficient (Wildman–Crippen LogP) is 3.86. The molecular weight excluding hydrogens is 833 g/mol. The van der Waals surface area contributed by atoms with Crippen LogP contribution in [0.2, 0.25) is 0 Å². The third kappa shape index (κ3) is 47.1. The molecule has 1 aromatic rings. The molecule has 1 rings (SSSR count). The monoisotopic (exact) mass is 906 g/mol. The number of rotatable bonds is 26. The number of sulfone groups is 5. The molecule has 56 heavy (non-hydrogen) atoms. The van der Waals surface area contributed by atoms with E-state index >= 15 is 0 Å². The van der Waals surface area contributed by atoms with Gasteiger partial charge < -0.3 is 23.7 Å². The van der Waals surface area contributed by atoms with E-state index < -0.39 is 49.2 Å². The Balaban J connectivity index is -0.000000306. The van der Waals surface area contributed by atoms with Gasteiger partial charge in [-0.3, -0.25) is 0 Å². The zero-order valence-corrected chi connectivity index (χ0v) is 39.6. The Labute approximate surface area is 341 Å². The molecule has 0 bridgehead atoms. The molecule has 0 atom stereocenters. The Morgan fingerprint density at radius 2 is 0.839 bits per heavy atom. The fourth-order valence-corrected chi connectivity index (χ4v) is 9.10. The van der Waals surface area contributed by atoms with Gasteiger partial charge in [-0.1, -0.05) is 44.2 Å². The van der Waals surface area contributed by atoms with Crippen LogP contribution in [-0.2, 0) is 78.6 Å². The molecule has 0 heterocycles. The molecule has 0 radical (unpaired) electrons. The Morgan fingerprint density at radius 1 is 0.482 bits per heavy atom. The highest BCUT2D eigenvalue weighted by Crippen LogP contribution is 2.07. The Morgan fingerprint density at radius 3 is 1.18 bits per heavy atom. The van der Waals surface area contributed by atoms with Gasteiger partial charge in [0.05, 0.1) is 39.8 Å². The normalized spacial score (nSPS) is 11.8. The SMILES string of the molecule is CCCS(=O)(=O)CCCOC.CCS(=O)(=O)CCCOC.COCCCS(=O)(=O)C(C)C.COCCCS(=O)(=O)Cc1ccccc1.COCCCS(C)(=O)=O. The summed E-state index contributed by atoms with van der Waals surface area (Å²) in [5.41, 5.74) is 0.843. The van der Waals surface area contributed by atoms with Crippen molar-refractivity contribution >= 4 is 49.2 Å². The van der Waals surface area contributed by atoms with Crippen LogP contribution >= 0.6 is 0 Å². The summed E-state index contributed by atoms with van der Waals surface area (Å²) in [4.78, 5) is 0. The van der Waals surface area contributed by atoms with Gasteiger partial charge in [0.15, 0.2) is 19.7 Å². The second-order valence-corrected chi connectivity index (χ2v) is 24.6. The second kappa shape index (κ2) is 36.8. The molecule has 0 fully saturated rings. The molecule has 0 aliphatic carbocycles. The van der Waals surface area contributed by atoms with Gasteiger partial charge in [-0.25, -0.2) is 42.1 Å². The van der Waals surface area contributed by atoms with E-state index in [0.717, 1.165) is 5.56 Å². The van der Waals surface area contributed by atoms with E-state index in [0.29, 0.717) is 77.3 Å². The number of ether oxygens (including phenoxy) is 5. The average Bonchev–Trinajstić information content (AvgIpc) is 3.09. The molecule has 1 aromatic carbocycles. The van der Waals surface area contributed by atoms with E-state index in [1.807, 2.05) is 37.3 Å². The molecule has 0 aliphatic rings. The van der Waals surface area contributed by atoms with Crippen LogP contribution in [0.15, 0.2) is 30.3 Å². The average molecular weight is 907 g/mol. The van der Waals surface area contributed by atoms with Crippen molar-refractivity contribution in [3.05, 3.63) is 35.9 Å². The minimum Gasteiger partial charge on any atom is -0.385 e. The first-order chi connectivity index (χ1) is 25.9. The fraction of sp³-hybridized carbons (Fsp3) is 0.833. The predicted molar refractivity (Wildman–Crippen MR) is 228 cm³/mol. The Kier molecular flexibility index (Phi) is 40.4. The van der Waals surface area contributed by atoms with Crippen LogP contribution in [0.25, 0.3) is 0 Å². The van der Waals surface area contributed by atoms with Crippen molar-refractivity contribution in [1.82, 2.24) is 0 Å². The molecule has 0 saturated heterocycles. The molecule has 0 N–H and O–H groups in total. The van der Waals surface area contributed by atoms with E-state index in [-0.39, 0.29) is 45.5 Å². The standard InChI is InChI=1S/C11H16O3S.2C7H16O3S.C6H14O3S.C5H12O3S/c1-14-8-5-9-15(12,13)10-11-6-3-2-4-7-11;1-7(2)11(8,9)6-4-5-10-3;1-3-6-11(8,9)7-4-5-10-2;1-3-10(7,8)6-4-5-9-2;1-8-4-3-5-9(2,6)7/h2-4,6-7H,5,8-10H2,1H3;7H,4-6H2,1-3H3;3-7H2,1-2H3;3-6H2,1-2H3;3-5H2,1-2H3. The quantitative estimate of drug-likeness (QED) is 0.121. The zero-order chi connectivity index (χ0) is 44.2. The van der Waals surface area contributed by atoms with Crippen LogP contribution in [0.4, 0.5) is 0 Å². The number of methoxy groups -OCH3 is 5. The lowest BCUT2D eigenvalue weighted by molar-refractivity contribution is 0.199. The van der Waals surface area contributed by atoms with Crippen LogP contribution in [0.1, 0.15) is 71.8 Å². The molecule has 0 amide bonds. The van der Waals surface area contributed by atoms with E-state index in [1.54, 1.807) is 56.3 Å². The molecule has 0 aromatic heterocycles. The van der Waals surface area contributed by atoms with Crippen LogP contribution < -0.4 is 0 Å². The Hall–Kier alpha value is -1.23. The minimum absolute atomic E-state index is 0.123. The summed E-state index contributed by atoms with van der Waals surface area (Å²) in [6.45, 7) is 9.51. The first-order valence-corrected chi connectivity index (χ1v) is 27.7. The minimum atomic E-state index is -2.99. The smallest absolute Gasteiger partial charge is 0.154 e. The van der Waals surface area contributed by atoms with Crippen LogP contribution in [0, 0.1) is 0 Å². The maximum atomic E-state index is 11.6. The lowest BCUT2D eigenvalue weighted by Crippen LogP contribution is -2.18. The van der Waals surface area contributed by atoms with Crippen LogP contribution in [0.5, 0.6) is 0 Å². The van der Waals surface area contributed by atoms with Gasteiger partial charge >= 0.3 is 0 Å². The molecule has 0 saturated carbocycles. The van der Waals surface area contributed by atoms with Gasteiger partial charge in [-0.15, -0.1) is 0 Å². The zero-order valence-electron chi connectivity index (χ0n) is 35.6. The first-order valence-electron chi connectivity index (χ1n) is 18.4. The third-order valence-corrected chi connectivity index (χ3v) is 15.7. The maximum Gasteiger partial charge on any atom is 0.154 e. The summed E-state index contributed by atoms with van der Waals surface area (Å²) in [7, 11) is -6.32. The van der Waals surface area contributed by atoms with Gasteiger partial charge in [-0.2, -0.15) is 0 Å². The van der Waals surface area contributed by atoms with Crippen molar-refractivity contribution in [2.24, 2.45) is 0 Å². The molecule has 20 heteroatoms. The van der Waals surface area contributed by atoms with E-state index in [4.69, 9.17) is 18.9 Å². The first kappa shape index (κ1) is 61.4. The molecule has 338 valence electrons. The van der Waals surface area contributed by atoms with Crippen molar-refractivity contribution in [3.8, 4) is 0 Å². The van der Waals surface area contributed by atoms with Crippen molar-refractivity contribution in [1.29, 1.82) is 0 Å². The lowest BCUT2D eigenvalue weighted by atomic mass is 10.2. The van der Waals surface area contributed by atoms with Gasteiger partial charge in [0.1, 0.15) is 29.5 Å². The van der Waals surface area contributed by atoms with Gasteiger partial charge in [0, 0.05) is 86.3 Å². The Bertz CT molecular complexity index is 1580. The topological polar surface area (TPSA) is 217 Å². The van der Waals surface area contributed by atoms with Crippen molar-refractivity contribution in [2.75, 3.05) is 115 Å². The lowest BCUT2D eigenvalue weighted by Gasteiger charge is -2.05. The summed E-state index contributed by atoms with van der Waals surface area (Å²) >= 11 is 0. The summed E-state index contributed by atoms with van der Waals surface area (Å²) in [5, 5.41) is -0.264. The third-order valence-electron chi connectivity index (χ3n) is 6.95. The molecule has 15 nitrogen and oxygen atoms in total. The van der Waals surface area contributed by atoms with E-state index in [1.165, 1.54) is 6.26 Å². The maximum absolute atomic E-state index is 11.6. The highest BCUT2D eigenvalue weighted by molar-refractivity contribution is 7.92. The molecule has 0 unspecified atom stereocenters. The van der Waals surface area contributed by atoms with Gasteiger partial charge in [0.2, 0.25) is 0 Å². The van der Waals surface area contributed by atoms with Crippen molar-refractivity contribution in [3.63, 3.8) is 0 Å². The highest BCUT2D eigenvalue weighted by Gasteiger charge is 2.15. The van der Waals surface area contributed by atoms with Crippen molar-refractivity contribution < 1.29 is 65.8 Å². The van der Waals surface area contributed by atoms with Gasteiger partial charge in [-0.05, 0) is 57.9 Å². The summed E-state index contributed by atoms with van der Waals surface area (Å²) < 4.78 is 134. The molecule has 0 spiro atoms. The van der Waals surface area contributed by atoms with Crippen LogP contribution in [0.3, 0.4) is 0 Å². The largest absolute Gasteiger partial charge is 0.385 e. The van der Waals surface area contributed by atoms with E-state index in [2.05, 4.69) is 4.74 Å². The second-order valence-electron chi connectivity index (χ2n) is 12.7. The molecular formula is C36H74O15S5. The fourth-order valence-electron chi connectivity index (χ4n) is 3.83. The number of hydrogen-bond donors (Lipinski definition) is 0. The van der Waals surface area contributed by atoms with Gasteiger partial charge in [0.25, 0.3) is 0 Å². The molecule has 0 aliphatic heterocycles. The number of benzene rings is 1. The van der Waals surface area contributed by atoms with E-state index in [9.17, 15) is 42.1 Å². The summed E-state index contributed by atoms with van der Waals surface area (Å²) in [6.07, 6.45) is 4.89. The summed E-state index contributed by atoms with van der Waals surface area (Å²) in [5.74, 6) is 1.81.